The highest BCUT2D eigenvalue weighted by molar-refractivity contribution is 7.22. The van der Waals surface area contributed by atoms with Crippen molar-refractivity contribution in [3.8, 4) is 39.1 Å². The van der Waals surface area contributed by atoms with Crippen LogP contribution in [0.2, 0.25) is 5.02 Å². The number of halogens is 2. The van der Waals surface area contributed by atoms with E-state index in [-0.39, 0.29) is 43.7 Å². The number of aromatic nitrogens is 4. The molecule has 0 amide bonds. The minimum Gasteiger partial charge on any atom is -0.491 e. The van der Waals surface area contributed by atoms with E-state index in [1.54, 1.807) is 36.5 Å². The van der Waals surface area contributed by atoms with Crippen LogP contribution in [0, 0.1) is 12.9 Å². The zero-order valence-electron chi connectivity index (χ0n) is 36.3. The number of aryl methyl sites for hydroxylation is 1. The van der Waals surface area contributed by atoms with Gasteiger partial charge in [-0.05, 0) is 72.9 Å². The second-order valence-corrected chi connectivity index (χ2v) is 17.1. The van der Waals surface area contributed by atoms with Crippen LogP contribution in [0.4, 0.5) is 4.39 Å². The van der Waals surface area contributed by atoms with Crippen LogP contribution >= 0.6 is 22.9 Å². The lowest BCUT2D eigenvalue weighted by atomic mass is 9.80. The summed E-state index contributed by atoms with van der Waals surface area (Å²) in [4.78, 5) is 29.4. The van der Waals surface area contributed by atoms with E-state index >= 15 is 0 Å². The van der Waals surface area contributed by atoms with Gasteiger partial charge in [0, 0.05) is 63.5 Å². The van der Waals surface area contributed by atoms with Crippen LogP contribution < -0.4 is 19.7 Å². The Morgan fingerprint density at radius 3 is 2.52 bits per heavy atom. The van der Waals surface area contributed by atoms with E-state index < -0.39 is 19.2 Å². The van der Waals surface area contributed by atoms with E-state index in [0.29, 0.717) is 72.5 Å². The van der Waals surface area contributed by atoms with Gasteiger partial charge in [-0.3, -0.25) is 14.4 Å². The van der Waals surface area contributed by atoms with Crippen LogP contribution in [-0.4, -0.2) is 112 Å². The first-order valence-corrected chi connectivity index (χ1v) is 22.6. The third kappa shape index (κ3) is 10.9. The summed E-state index contributed by atoms with van der Waals surface area (Å²) in [6.45, 7) is 9.77. The van der Waals surface area contributed by atoms with Crippen LogP contribution in [0.3, 0.4) is 0 Å². The molecule has 4 aromatic heterocycles. The number of carbonyl (C=O) groups excluding carboxylic acids is 1. The summed E-state index contributed by atoms with van der Waals surface area (Å²) in [5.74, 6) is 1.11. The molecule has 1 aliphatic rings. The lowest BCUT2D eigenvalue weighted by molar-refractivity contribution is -0.131. The molecule has 3 aromatic carbocycles. The second kappa shape index (κ2) is 21.1. The number of piperazine rings is 1. The molecule has 1 atom stereocenters. The molecule has 0 aliphatic carbocycles. The molecule has 0 spiro atoms. The molecule has 1 aliphatic heterocycles. The Labute approximate surface area is 385 Å². The first-order valence-electron chi connectivity index (χ1n) is 21.4. The van der Waals surface area contributed by atoms with Gasteiger partial charge < -0.3 is 38.3 Å². The number of hydrogen-bond acceptors (Lipinski definition) is 14. The second-order valence-electron chi connectivity index (χ2n) is 15.7. The molecule has 0 radical (unpaired) electrons. The number of thiophene rings is 1. The zero-order chi connectivity index (χ0) is 45.5. The van der Waals surface area contributed by atoms with Crippen molar-refractivity contribution in [2.75, 3.05) is 53.0 Å². The number of carbonyl (C=O) groups is 1. The van der Waals surface area contributed by atoms with E-state index in [2.05, 4.69) is 31.9 Å². The number of Topliss-reactive ketones (excluding diaryl/α,β-unsaturated/α-hetero) is 1. The molecule has 338 valence electrons. The fourth-order valence-corrected chi connectivity index (χ4v) is 9.03. The molecule has 65 heavy (non-hydrogen) atoms. The lowest BCUT2D eigenvalue weighted by Gasteiger charge is -2.32. The Morgan fingerprint density at radius 2 is 1.77 bits per heavy atom. The highest BCUT2D eigenvalue weighted by Crippen LogP contribution is 2.49. The normalized spacial score (nSPS) is 13.9. The Kier molecular flexibility index (Phi) is 14.9. The average Bonchev–Trinajstić information content (AvgIpc) is 4.07. The largest absolute Gasteiger partial charge is 0.491 e. The maximum absolute atomic E-state index is 14.5. The first kappa shape index (κ1) is 45.9. The fourth-order valence-electron chi connectivity index (χ4n) is 7.70. The summed E-state index contributed by atoms with van der Waals surface area (Å²) in [5.41, 5.74) is 4.64. The summed E-state index contributed by atoms with van der Waals surface area (Å²) in [5, 5.41) is 24.3. The van der Waals surface area contributed by atoms with Gasteiger partial charge in [-0.25, -0.2) is 9.97 Å². The van der Waals surface area contributed by atoms with Crippen molar-refractivity contribution in [1.29, 1.82) is 0 Å². The van der Waals surface area contributed by atoms with Gasteiger partial charge in [0.15, 0.2) is 11.9 Å². The quantitative estimate of drug-likeness (QED) is 0.0790. The number of fused-ring (bicyclic) bond motifs is 1. The molecule has 14 nitrogen and oxygen atoms in total. The molecule has 18 heteroatoms. The lowest BCUT2D eigenvalue weighted by Crippen LogP contribution is -2.45. The topological polar surface area (TPSA) is 158 Å². The van der Waals surface area contributed by atoms with Crippen LogP contribution in [0.5, 0.6) is 17.4 Å². The highest BCUT2D eigenvalue weighted by Gasteiger charge is 2.30. The molecule has 2 N–H and O–H groups in total. The van der Waals surface area contributed by atoms with Gasteiger partial charge in [0.2, 0.25) is 5.88 Å². The zero-order valence-corrected chi connectivity index (χ0v) is 37.9. The number of para-hydroxylation sites is 1. The van der Waals surface area contributed by atoms with Crippen LogP contribution in [0.15, 0.2) is 95.8 Å². The number of benzene rings is 3. The van der Waals surface area contributed by atoms with Gasteiger partial charge in [0.1, 0.15) is 48.2 Å². The molecule has 7 aromatic rings. The van der Waals surface area contributed by atoms with Gasteiger partial charge in [-0.2, -0.15) is 9.49 Å². The van der Waals surface area contributed by atoms with Gasteiger partial charge in [0.25, 0.3) is 6.01 Å². The molecular weight excluding hydrogens is 874 g/mol. The van der Waals surface area contributed by atoms with Crippen molar-refractivity contribution >= 4 is 51.5 Å². The molecule has 5 heterocycles. The Hall–Kier alpha value is -5.66. The molecule has 0 unspecified atom stereocenters. The van der Waals surface area contributed by atoms with Gasteiger partial charge in [-0.1, -0.05) is 60.1 Å². The van der Waals surface area contributed by atoms with Gasteiger partial charge in [-0.15, -0.1) is 11.3 Å². The monoisotopic (exact) mass is 922 g/mol. The minimum absolute atomic E-state index is 0.0795. The van der Waals surface area contributed by atoms with Crippen molar-refractivity contribution in [3.05, 3.63) is 125 Å². The van der Waals surface area contributed by atoms with Crippen molar-refractivity contribution in [2.45, 2.75) is 46.1 Å². The van der Waals surface area contributed by atoms with Crippen molar-refractivity contribution in [2.24, 2.45) is 0 Å². The van der Waals surface area contributed by atoms with E-state index in [9.17, 15) is 19.2 Å². The van der Waals surface area contributed by atoms with Gasteiger partial charge in [0.05, 0.1) is 27.6 Å². The molecule has 0 bridgehead atoms. The number of hydrogen-bond donors (Lipinski definition) is 2. The van der Waals surface area contributed by atoms with E-state index in [1.165, 1.54) is 23.7 Å². The first-order chi connectivity index (χ1) is 31.6. The van der Waals surface area contributed by atoms with Crippen LogP contribution in [0.25, 0.3) is 32.0 Å². The smallest absolute Gasteiger partial charge is 0.488 e. The highest BCUT2D eigenvalue weighted by atomic mass is 35.5. The number of furan rings is 1. The summed E-state index contributed by atoms with van der Waals surface area (Å²) >= 11 is 8.35. The van der Waals surface area contributed by atoms with Crippen LogP contribution in [-0.2, 0) is 35.7 Å². The minimum atomic E-state index is -1.60. The number of likely N-dealkylation sites (N-methyl/N-ethyl adjacent to an activating group) is 1. The van der Waals surface area contributed by atoms with E-state index in [0.717, 1.165) is 44.0 Å². The van der Waals surface area contributed by atoms with Gasteiger partial charge >= 0.3 is 7.12 Å². The molecule has 1 fully saturated rings. The maximum Gasteiger partial charge on any atom is 0.488 e. The Bertz CT molecular complexity index is 2720. The average molecular weight is 923 g/mol. The molecule has 1 saturated heterocycles. The predicted molar refractivity (Wildman–Crippen MR) is 247 cm³/mol. The molecular formula is C47H49BClFN6O8S. The maximum atomic E-state index is 14.5. The number of ether oxygens (including phenoxy) is 4. The van der Waals surface area contributed by atoms with E-state index in [1.807, 2.05) is 61.0 Å². The molecule has 0 saturated carbocycles. The summed E-state index contributed by atoms with van der Waals surface area (Å²) < 4.78 is 47.2. The Morgan fingerprint density at radius 1 is 0.969 bits per heavy atom. The number of ketones is 1. The summed E-state index contributed by atoms with van der Waals surface area (Å²) in [6, 6.07) is 21.7. The summed E-state index contributed by atoms with van der Waals surface area (Å²) in [7, 11) is 0.521. The number of rotatable bonds is 20. The SMILES string of the molecule is CCn1nccc1COc1ccccc1C[C@@H](Oc1ncnc2sc(-c3ccc(F)o3)c(-c3ccc(OCCN4CCN(C)CC4)c(Cl)c3C)c12)C(=O)COCc1ccc(B(O)O)cc1. The van der Waals surface area contributed by atoms with Crippen LogP contribution in [0.1, 0.15) is 29.3 Å². The third-order valence-electron chi connectivity index (χ3n) is 11.4. The number of nitrogens with zero attached hydrogens (tertiary/aromatic N) is 6. The predicted octanol–water partition coefficient (Wildman–Crippen LogP) is 6.60. The standard InChI is InChI=1S/C47H49BClFN6O8S/c1-4-56-34(17-18-53-56)27-62-37-8-6-5-7-32(37)25-40(36(57)28-60-26-31-9-11-33(12-10-31)48(58)59)64-46-43-42(45(39-15-16-41(50)63-39)65-47(43)52-29-51-46)35-13-14-38(44(49)30(35)2)61-24-23-55-21-19-54(3)20-22-55/h5-18,29,40,58-59H,4,19-28H2,1-3H3/t40-/m1/s1. The molecule has 8 rings (SSSR count). The fraction of sp³-hybridized carbons (Fsp3) is 0.319. The van der Waals surface area contributed by atoms with Crippen molar-refractivity contribution in [1.82, 2.24) is 29.5 Å². The van der Waals surface area contributed by atoms with Crippen molar-refractivity contribution in [3.63, 3.8) is 0 Å². The third-order valence-corrected chi connectivity index (χ3v) is 13.0. The van der Waals surface area contributed by atoms with Crippen molar-refractivity contribution < 1.29 is 42.6 Å². The Balaban J connectivity index is 1.12. The van der Waals surface area contributed by atoms with E-state index in [4.69, 9.17) is 35.0 Å². The summed E-state index contributed by atoms with van der Waals surface area (Å²) in [6.07, 6.45) is 2.04.